The molecular weight excluding hydrogens is 547 g/mol. The molecule has 1 N–H and O–H groups in total. The number of benzene rings is 3. The van der Waals surface area contributed by atoms with E-state index in [1.807, 2.05) is 12.1 Å². The van der Waals surface area contributed by atoms with Gasteiger partial charge in [-0.1, -0.05) is 29.4 Å². The lowest BCUT2D eigenvalue weighted by Crippen LogP contribution is -2.27. The van der Waals surface area contributed by atoms with Gasteiger partial charge < -0.3 is 14.2 Å². The Kier molecular flexibility index (Phi) is 9.34. The minimum atomic E-state index is -0.541. The summed E-state index contributed by atoms with van der Waals surface area (Å²) in [4.78, 5) is 12.6. The highest BCUT2D eigenvalue weighted by Crippen LogP contribution is 2.30. The van der Waals surface area contributed by atoms with E-state index < -0.39 is 11.1 Å². The molecule has 1 aromatic heterocycles. The highest BCUT2D eigenvalue weighted by Gasteiger charge is 2.19. The van der Waals surface area contributed by atoms with Crippen molar-refractivity contribution in [2.75, 3.05) is 14.2 Å². The van der Waals surface area contributed by atoms with Gasteiger partial charge in [0.15, 0.2) is 11.5 Å². The van der Waals surface area contributed by atoms with Crippen LogP contribution < -0.4 is 19.6 Å². The van der Waals surface area contributed by atoms with Gasteiger partial charge >= 0.3 is 0 Å². The number of amides is 1. The van der Waals surface area contributed by atoms with Crippen molar-refractivity contribution in [3.8, 4) is 22.9 Å². The van der Waals surface area contributed by atoms with Gasteiger partial charge in [0.1, 0.15) is 18.2 Å². The number of hydrazone groups is 1. The first-order valence-corrected chi connectivity index (χ1v) is 12.8. The molecule has 1 heterocycles. The summed E-state index contributed by atoms with van der Waals surface area (Å²) in [5, 5.41) is 16.0. The lowest BCUT2D eigenvalue weighted by molar-refractivity contribution is -0.120. The van der Waals surface area contributed by atoms with Gasteiger partial charge in [-0.25, -0.2) is 9.82 Å². The normalized spacial score (nSPS) is 11.8. The number of hydrogen-bond donors (Lipinski definition) is 1. The molecule has 0 radical (unpaired) electrons. The molecule has 4 rings (SSSR count). The molecule has 4 aromatic rings. The van der Waals surface area contributed by atoms with Crippen molar-refractivity contribution in [2.24, 2.45) is 5.10 Å². The molecule has 0 unspecified atom stereocenters. The molecule has 1 amide bonds. The van der Waals surface area contributed by atoms with Crippen LogP contribution in [0.25, 0.3) is 5.69 Å². The van der Waals surface area contributed by atoms with Gasteiger partial charge in [-0.2, -0.15) is 9.78 Å². The first-order chi connectivity index (χ1) is 18.9. The number of ether oxygens (including phenoxy) is 3. The maximum atomic E-state index is 14.0. The van der Waals surface area contributed by atoms with E-state index in [9.17, 15) is 9.18 Å². The number of hydrogen-bond acceptors (Lipinski definition) is 9. The Bertz CT molecular complexity index is 1450. The van der Waals surface area contributed by atoms with Crippen LogP contribution >= 0.6 is 23.4 Å². The molecule has 1 atom stereocenters. The highest BCUT2D eigenvalue weighted by molar-refractivity contribution is 8.00. The maximum absolute atomic E-state index is 14.0. The molecule has 0 aliphatic heterocycles. The zero-order valence-corrected chi connectivity index (χ0v) is 22.7. The highest BCUT2D eigenvalue weighted by atomic mass is 35.5. The van der Waals surface area contributed by atoms with Crippen molar-refractivity contribution in [2.45, 2.75) is 23.9 Å². The van der Waals surface area contributed by atoms with Crippen molar-refractivity contribution in [3.63, 3.8) is 0 Å². The minimum absolute atomic E-state index is 0.0668. The third-order valence-corrected chi connectivity index (χ3v) is 6.81. The number of thioether (sulfide) groups is 1. The van der Waals surface area contributed by atoms with E-state index in [0.29, 0.717) is 28.0 Å². The number of nitrogens with one attached hydrogen (secondary N) is 1. The average molecular weight is 571 g/mol. The van der Waals surface area contributed by atoms with E-state index in [1.165, 1.54) is 41.9 Å². The van der Waals surface area contributed by atoms with Gasteiger partial charge in [0.25, 0.3) is 5.91 Å². The summed E-state index contributed by atoms with van der Waals surface area (Å²) in [5.41, 5.74) is 4.14. The fraction of sp³-hybridized carbons (Fsp3) is 0.192. The van der Waals surface area contributed by atoms with Crippen LogP contribution in [0.2, 0.25) is 5.02 Å². The molecule has 0 fully saturated rings. The quantitative estimate of drug-likeness (QED) is 0.157. The standard InChI is InChI=1S/C26H24ClFN6O4S/c1-16(39-26-31-32-33-34(26)18-8-10-19(36-2)11-9-18)25(35)30-29-14-17-7-12-23(24(13-17)37-3)38-15-20-21(27)5-4-6-22(20)28/h4-14,16H,15H2,1-3H3,(H,30,35)/b29-14-/t16-/m1/s1. The monoisotopic (exact) mass is 570 g/mol. The molecule has 0 saturated heterocycles. The Labute approximate surface area is 233 Å². The Balaban J connectivity index is 1.34. The number of tetrazole rings is 1. The van der Waals surface area contributed by atoms with E-state index in [1.54, 1.807) is 50.4 Å². The van der Waals surface area contributed by atoms with E-state index in [4.69, 9.17) is 25.8 Å². The predicted molar refractivity (Wildman–Crippen MR) is 145 cm³/mol. The van der Waals surface area contributed by atoms with Crippen LogP contribution in [0.15, 0.2) is 70.9 Å². The Morgan fingerprint density at radius 1 is 1.15 bits per heavy atom. The Morgan fingerprint density at radius 3 is 2.67 bits per heavy atom. The molecule has 0 bridgehead atoms. The van der Waals surface area contributed by atoms with Crippen LogP contribution in [-0.4, -0.2) is 51.8 Å². The molecule has 10 nitrogen and oxygen atoms in total. The molecule has 0 aliphatic rings. The van der Waals surface area contributed by atoms with Crippen LogP contribution in [0, 0.1) is 5.82 Å². The van der Waals surface area contributed by atoms with Gasteiger partial charge in [-0.3, -0.25) is 4.79 Å². The van der Waals surface area contributed by atoms with E-state index in [2.05, 4.69) is 26.1 Å². The largest absolute Gasteiger partial charge is 0.497 e. The van der Waals surface area contributed by atoms with E-state index >= 15 is 0 Å². The molecule has 13 heteroatoms. The molecule has 202 valence electrons. The second kappa shape index (κ2) is 13.1. The molecule has 0 spiro atoms. The lowest BCUT2D eigenvalue weighted by atomic mass is 10.2. The smallest absolute Gasteiger partial charge is 0.253 e. The van der Waals surface area contributed by atoms with Gasteiger partial charge in [-0.05, 0) is 77.5 Å². The fourth-order valence-corrected chi connectivity index (χ4v) is 4.33. The number of methoxy groups -OCH3 is 2. The van der Waals surface area contributed by atoms with Crippen molar-refractivity contribution in [1.82, 2.24) is 25.6 Å². The number of aromatic nitrogens is 4. The first-order valence-electron chi connectivity index (χ1n) is 11.6. The molecule has 3 aromatic carbocycles. The number of rotatable bonds is 11. The Hall–Kier alpha value is -4.16. The van der Waals surface area contributed by atoms with Crippen LogP contribution in [0.4, 0.5) is 4.39 Å². The third-order valence-electron chi connectivity index (χ3n) is 5.42. The van der Waals surface area contributed by atoms with Crippen molar-refractivity contribution < 1.29 is 23.4 Å². The summed E-state index contributed by atoms with van der Waals surface area (Å²) in [6, 6.07) is 16.7. The number of nitrogens with zero attached hydrogens (tertiary/aromatic N) is 5. The summed E-state index contributed by atoms with van der Waals surface area (Å²) in [7, 11) is 3.07. The average Bonchev–Trinajstić information content (AvgIpc) is 3.41. The predicted octanol–water partition coefficient (Wildman–Crippen LogP) is 4.68. The van der Waals surface area contributed by atoms with E-state index in [-0.39, 0.29) is 23.1 Å². The summed E-state index contributed by atoms with van der Waals surface area (Å²) in [5.74, 6) is 0.725. The molecular formula is C26H24ClFN6O4S. The lowest BCUT2D eigenvalue weighted by Gasteiger charge is -2.12. The molecule has 0 aliphatic carbocycles. The summed E-state index contributed by atoms with van der Waals surface area (Å²) >= 11 is 7.25. The first kappa shape index (κ1) is 27.9. The van der Waals surface area contributed by atoms with E-state index in [0.717, 1.165) is 5.69 Å². The van der Waals surface area contributed by atoms with Crippen LogP contribution in [-0.2, 0) is 11.4 Å². The van der Waals surface area contributed by atoms with Crippen molar-refractivity contribution in [1.29, 1.82) is 0 Å². The summed E-state index contributed by atoms with van der Waals surface area (Å²) in [6.07, 6.45) is 1.47. The Morgan fingerprint density at radius 2 is 1.95 bits per heavy atom. The maximum Gasteiger partial charge on any atom is 0.253 e. The zero-order chi connectivity index (χ0) is 27.8. The SMILES string of the molecule is COc1ccc(-n2nnnc2S[C@H](C)C(=O)N/N=C\c2ccc(OCc3c(F)cccc3Cl)c(OC)c2)cc1. The van der Waals surface area contributed by atoms with Gasteiger partial charge in [0, 0.05) is 5.56 Å². The second-order valence-electron chi connectivity index (χ2n) is 7.96. The van der Waals surface area contributed by atoms with Crippen LogP contribution in [0.5, 0.6) is 17.2 Å². The molecule has 0 saturated carbocycles. The third kappa shape index (κ3) is 7.03. The van der Waals surface area contributed by atoms with Crippen molar-refractivity contribution in [3.05, 3.63) is 82.6 Å². The van der Waals surface area contributed by atoms with Gasteiger partial charge in [-0.15, -0.1) is 5.10 Å². The van der Waals surface area contributed by atoms with Crippen LogP contribution in [0.1, 0.15) is 18.1 Å². The number of carbonyl (C=O) groups excluding carboxylic acids is 1. The fourth-order valence-electron chi connectivity index (χ4n) is 3.31. The summed E-state index contributed by atoms with van der Waals surface area (Å²) < 4.78 is 31.8. The van der Waals surface area contributed by atoms with Crippen LogP contribution in [0.3, 0.4) is 0 Å². The topological polar surface area (TPSA) is 113 Å². The second-order valence-corrected chi connectivity index (χ2v) is 9.68. The minimum Gasteiger partial charge on any atom is -0.497 e. The van der Waals surface area contributed by atoms with Gasteiger partial charge in [0.2, 0.25) is 5.16 Å². The number of halogens is 2. The van der Waals surface area contributed by atoms with Gasteiger partial charge in [0.05, 0.1) is 36.4 Å². The van der Waals surface area contributed by atoms with Crippen molar-refractivity contribution >= 4 is 35.5 Å². The summed E-state index contributed by atoms with van der Waals surface area (Å²) in [6.45, 7) is 1.65. The number of carbonyl (C=O) groups is 1. The molecule has 39 heavy (non-hydrogen) atoms. The zero-order valence-electron chi connectivity index (χ0n) is 21.2.